The highest BCUT2D eigenvalue weighted by molar-refractivity contribution is 5.75. The molecule has 1 aliphatic carbocycles. The van der Waals surface area contributed by atoms with Gasteiger partial charge in [0.15, 0.2) is 5.82 Å². The van der Waals surface area contributed by atoms with E-state index in [0.717, 1.165) is 12.4 Å². The van der Waals surface area contributed by atoms with Crippen LogP contribution in [0.15, 0.2) is 6.33 Å². The molecule has 1 aliphatic rings. The second kappa shape index (κ2) is 5.07. The van der Waals surface area contributed by atoms with Crippen LogP contribution in [-0.4, -0.2) is 33.3 Å². The summed E-state index contributed by atoms with van der Waals surface area (Å²) >= 11 is 0. The summed E-state index contributed by atoms with van der Waals surface area (Å²) in [6.45, 7) is 1.20. The summed E-state index contributed by atoms with van der Waals surface area (Å²) in [7, 11) is 1.86. The molecule has 0 aliphatic heterocycles. The van der Waals surface area contributed by atoms with Gasteiger partial charge in [0.25, 0.3) is 0 Å². The normalized spacial score (nSPS) is 15.1. The van der Waals surface area contributed by atoms with E-state index in [9.17, 15) is 4.79 Å². The van der Waals surface area contributed by atoms with Gasteiger partial charge < -0.3 is 15.2 Å². The van der Waals surface area contributed by atoms with Crippen LogP contribution in [0, 0.1) is 0 Å². The molecule has 0 atom stereocenters. The van der Waals surface area contributed by atoms with Gasteiger partial charge in [0.1, 0.15) is 6.33 Å². The first-order valence-electron chi connectivity index (χ1n) is 5.58. The first kappa shape index (κ1) is 11.1. The van der Waals surface area contributed by atoms with Crippen LogP contribution in [-0.2, 0) is 18.4 Å². The van der Waals surface area contributed by atoms with Crippen LogP contribution in [0.4, 0.5) is 0 Å². The highest BCUT2D eigenvalue weighted by atomic mass is 16.1. The Balaban J connectivity index is 1.61. The molecule has 1 amide bonds. The van der Waals surface area contributed by atoms with E-state index in [1.54, 1.807) is 10.9 Å². The first-order chi connectivity index (χ1) is 7.75. The molecule has 6 heteroatoms. The van der Waals surface area contributed by atoms with Gasteiger partial charge in [0.05, 0.1) is 6.54 Å². The molecule has 1 heterocycles. The zero-order valence-electron chi connectivity index (χ0n) is 9.44. The number of carbonyl (C=O) groups excluding carboxylic acids is 1. The van der Waals surface area contributed by atoms with Gasteiger partial charge in [0, 0.05) is 26.1 Å². The molecule has 1 aromatic heterocycles. The molecular formula is C10H17N5O. The van der Waals surface area contributed by atoms with Crippen LogP contribution in [0.2, 0.25) is 0 Å². The van der Waals surface area contributed by atoms with Gasteiger partial charge in [-0.3, -0.25) is 4.79 Å². The molecule has 2 N–H and O–H groups in total. The standard InChI is InChI=1S/C10H17N5O/c1-15-7-13-14-9(15)6-12-10(16)4-5-11-8-2-3-8/h7-8,11H,2-6H2,1H3,(H,12,16). The summed E-state index contributed by atoms with van der Waals surface area (Å²) in [6, 6.07) is 0.659. The second-order valence-corrected chi connectivity index (χ2v) is 4.11. The average Bonchev–Trinajstić information content (AvgIpc) is 2.99. The fourth-order valence-corrected chi connectivity index (χ4v) is 1.41. The molecule has 0 spiro atoms. The summed E-state index contributed by atoms with van der Waals surface area (Å²) in [5.74, 6) is 0.819. The van der Waals surface area contributed by atoms with Crippen LogP contribution in [0.1, 0.15) is 25.1 Å². The quantitative estimate of drug-likeness (QED) is 0.686. The number of rotatable bonds is 6. The van der Waals surface area contributed by atoms with E-state index in [-0.39, 0.29) is 5.91 Å². The van der Waals surface area contributed by atoms with Crippen LogP contribution < -0.4 is 10.6 Å². The molecule has 0 radical (unpaired) electrons. The lowest BCUT2D eigenvalue weighted by atomic mass is 10.4. The Morgan fingerprint density at radius 1 is 1.62 bits per heavy atom. The van der Waals surface area contributed by atoms with E-state index < -0.39 is 0 Å². The molecule has 1 saturated carbocycles. The minimum absolute atomic E-state index is 0.0520. The third kappa shape index (κ3) is 3.30. The summed E-state index contributed by atoms with van der Waals surface area (Å²) in [5, 5.41) is 13.7. The number of hydrogen-bond donors (Lipinski definition) is 2. The van der Waals surface area contributed by atoms with Gasteiger partial charge in [-0.05, 0) is 12.8 Å². The zero-order valence-corrected chi connectivity index (χ0v) is 9.44. The SMILES string of the molecule is Cn1cnnc1CNC(=O)CCNC1CC1. The Hall–Kier alpha value is -1.43. The number of aryl methyl sites for hydroxylation is 1. The fourth-order valence-electron chi connectivity index (χ4n) is 1.41. The zero-order chi connectivity index (χ0) is 11.4. The summed E-state index contributed by atoms with van der Waals surface area (Å²) in [4.78, 5) is 11.4. The molecule has 0 bridgehead atoms. The molecule has 0 saturated heterocycles. The maximum atomic E-state index is 11.4. The monoisotopic (exact) mass is 223 g/mol. The van der Waals surface area contributed by atoms with Gasteiger partial charge in [-0.25, -0.2) is 0 Å². The fraction of sp³-hybridized carbons (Fsp3) is 0.700. The third-order valence-electron chi connectivity index (χ3n) is 2.61. The summed E-state index contributed by atoms with van der Waals surface area (Å²) in [5.41, 5.74) is 0. The maximum Gasteiger partial charge on any atom is 0.221 e. The molecule has 2 rings (SSSR count). The van der Waals surface area contributed by atoms with Crippen LogP contribution >= 0.6 is 0 Å². The van der Waals surface area contributed by atoms with Gasteiger partial charge in [-0.2, -0.15) is 0 Å². The number of aromatic nitrogens is 3. The van der Waals surface area contributed by atoms with E-state index in [4.69, 9.17) is 0 Å². The van der Waals surface area contributed by atoms with E-state index in [1.165, 1.54) is 12.8 Å². The van der Waals surface area contributed by atoms with Gasteiger partial charge in [0.2, 0.25) is 5.91 Å². The van der Waals surface area contributed by atoms with Crippen molar-refractivity contribution >= 4 is 5.91 Å². The van der Waals surface area contributed by atoms with Crippen LogP contribution in [0.25, 0.3) is 0 Å². The third-order valence-corrected chi connectivity index (χ3v) is 2.61. The van der Waals surface area contributed by atoms with Crippen LogP contribution in [0.3, 0.4) is 0 Å². The van der Waals surface area contributed by atoms with Crippen molar-refractivity contribution in [3.63, 3.8) is 0 Å². The molecule has 16 heavy (non-hydrogen) atoms. The highest BCUT2D eigenvalue weighted by Gasteiger charge is 2.20. The highest BCUT2D eigenvalue weighted by Crippen LogP contribution is 2.18. The first-order valence-corrected chi connectivity index (χ1v) is 5.58. The van der Waals surface area contributed by atoms with Crippen molar-refractivity contribution in [1.29, 1.82) is 0 Å². The maximum absolute atomic E-state index is 11.4. The second-order valence-electron chi connectivity index (χ2n) is 4.11. The number of amides is 1. The molecule has 88 valence electrons. The predicted molar refractivity (Wildman–Crippen MR) is 58.5 cm³/mol. The van der Waals surface area contributed by atoms with E-state index >= 15 is 0 Å². The number of carbonyl (C=O) groups is 1. The molecule has 1 aromatic rings. The Morgan fingerprint density at radius 3 is 3.06 bits per heavy atom. The van der Waals surface area contributed by atoms with E-state index in [0.29, 0.717) is 19.0 Å². The Morgan fingerprint density at radius 2 is 2.44 bits per heavy atom. The Labute approximate surface area is 94.4 Å². The lowest BCUT2D eigenvalue weighted by Crippen LogP contribution is -2.28. The van der Waals surface area contributed by atoms with Crippen molar-refractivity contribution in [2.75, 3.05) is 6.54 Å². The molecule has 6 nitrogen and oxygen atoms in total. The number of hydrogen-bond acceptors (Lipinski definition) is 4. The number of nitrogens with one attached hydrogen (secondary N) is 2. The van der Waals surface area contributed by atoms with E-state index in [2.05, 4.69) is 20.8 Å². The van der Waals surface area contributed by atoms with Crippen molar-refractivity contribution in [1.82, 2.24) is 25.4 Å². The Kier molecular flexibility index (Phi) is 3.51. The Bertz CT molecular complexity index is 358. The van der Waals surface area contributed by atoms with Crippen molar-refractivity contribution in [3.05, 3.63) is 12.2 Å². The van der Waals surface area contributed by atoms with Gasteiger partial charge in [-0.15, -0.1) is 10.2 Å². The van der Waals surface area contributed by atoms with Crippen molar-refractivity contribution < 1.29 is 4.79 Å². The smallest absolute Gasteiger partial charge is 0.221 e. The number of nitrogens with zero attached hydrogens (tertiary/aromatic N) is 3. The summed E-state index contributed by atoms with van der Waals surface area (Å²) < 4.78 is 1.79. The van der Waals surface area contributed by atoms with Crippen molar-refractivity contribution in [2.24, 2.45) is 7.05 Å². The lowest BCUT2D eigenvalue weighted by Gasteiger charge is -2.05. The lowest BCUT2D eigenvalue weighted by molar-refractivity contribution is -0.121. The topological polar surface area (TPSA) is 71.8 Å². The average molecular weight is 223 g/mol. The van der Waals surface area contributed by atoms with Crippen molar-refractivity contribution in [3.8, 4) is 0 Å². The largest absolute Gasteiger partial charge is 0.349 e. The molecule has 0 unspecified atom stereocenters. The van der Waals surface area contributed by atoms with E-state index in [1.807, 2.05) is 7.05 Å². The minimum Gasteiger partial charge on any atom is -0.349 e. The minimum atomic E-state index is 0.0520. The molecular weight excluding hydrogens is 206 g/mol. The molecule has 1 fully saturated rings. The van der Waals surface area contributed by atoms with Gasteiger partial charge >= 0.3 is 0 Å². The van der Waals surface area contributed by atoms with Gasteiger partial charge in [-0.1, -0.05) is 0 Å². The van der Waals surface area contributed by atoms with Crippen LogP contribution in [0.5, 0.6) is 0 Å². The summed E-state index contributed by atoms with van der Waals surface area (Å²) in [6.07, 6.45) is 4.64. The van der Waals surface area contributed by atoms with Crippen molar-refractivity contribution in [2.45, 2.75) is 31.8 Å². The predicted octanol–water partition coefficient (Wildman–Crippen LogP) is -0.427. The molecule has 0 aromatic carbocycles.